The van der Waals surface area contributed by atoms with Gasteiger partial charge < -0.3 is 5.11 Å². The molecule has 29 heavy (non-hydrogen) atoms. The molecule has 1 saturated heterocycles. The first-order valence-electron chi connectivity index (χ1n) is 9.16. The van der Waals surface area contributed by atoms with E-state index in [0.717, 1.165) is 5.56 Å². The van der Waals surface area contributed by atoms with Crippen molar-refractivity contribution < 1.29 is 19.1 Å². The molecule has 1 N–H and O–H groups in total. The van der Waals surface area contributed by atoms with Crippen LogP contribution in [-0.2, 0) is 9.59 Å². The van der Waals surface area contributed by atoms with Crippen molar-refractivity contribution in [3.05, 3.63) is 107 Å². The molecule has 1 atom stereocenters. The van der Waals surface area contributed by atoms with E-state index in [4.69, 9.17) is 0 Å². The Labute approximate surface area is 167 Å². The predicted molar refractivity (Wildman–Crippen MR) is 109 cm³/mol. The highest BCUT2D eigenvalue weighted by atomic mass is 19.1. The van der Waals surface area contributed by atoms with E-state index in [1.165, 1.54) is 29.2 Å². The van der Waals surface area contributed by atoms with Crippen LogP contribution >= 0.6 is 0 Å². The third-order valence-electron chi connectivity index (χ3n) is 4.99. The molecule has 5 heteroatoms. The van der Waals surface area contributed by atoms with Gasteiger partial charge in [0.05, 0.1) is 11.6 Å². The Morgan fingerprint density at radius 2 is 1.52 bits per heavy atom. The van der Waals surface area contributed by atoms with Gasteiger partial charge in [-0.25, -0.2) is 4.39 Å². The van der Waals surface area contributed by atoms with E-state index in [1.54, 1.807) is 30.3 Å². The Kier molecular flexibility index (Phi) is 4.72. The maximum Gasteiger partial charge on any atom is 0.300 e. The lowest BCUT2D eigenvalue weighted by atomic mass is 9.94. The number of ketones is 1. The highest BCUT2D eigenvalue weighted by Gasteiger charge is 2.46. The summed E-state index contributed by atoms with van der Waals surface area (Å²) in [6.45, 7) is 1.94. The van der Waals surface area contributed by atoms with Crippen LogP contribution in [0.4, 0.5) is 10.1 Å². The summed E-state index contributed by atoms with van der Waals surface area (Å²) in [4.78, 5) is 27.2. The highest BCUT2D eigenvalue weighted by molar-refractivity contribution is 6.51. The fourth-order valence-electron chi connectivity index (χ4n) is 3.52. The minimum Gasteiger partial charge on any atom is -0.507 e. The topological polar surface area (TPSA) is 57.6 Å². The van der Waals surface area contributed by atoms with Gasteiger partial charge in [0.2, 0.25) is 0 Å². The van der Waals surface area contributed by atoms with Crippen molar-refractivity contribution in [3.8, 4) is 0 Å². The molecule has 3 aromatic carbocycles. The van der Waals surface area contributed by atoms with E-state index < -0.39 is 23.5 Å². The van der Waals surface area contributed by atoms with Gasteiger partial charge >= 0.3 is 0 Å². The summed E-state index contributed by atoms with van der Waals surface area (Å²) >= 11 is 0. The van der Waals surface area contributed by atoms with Crippen molar-refractivity contribution in [1.82, 2.24) is 0 Å². The Balaban J connectivity index is 1.94. The average Bonchev–Trinajstić information content (AvgIpc) is 3.00. The first-order valence-corrected chi connectivity index (χ1v) is 9.16. The zero-order valence-corrected chi connectivity index (χ0v) is 15.7. The number of rotatable bonds is 3. The lowest BCUT2D eigenvalue weighted by Gasteiger charge is -2.25. The molecule has 4 rings (SSSR count). The van der Waals surface area contributed by atoms with Gasteiger partial charge in [-0.3, -0.25) is 14.5 Å². The monoisotopic (exact) mass is 387 g/mol. The van der Waals surface area contributed by atoms with Gasteiger partial charge in [-0.2, -0.15) is 0 Å². The molecule has 1 fully saturated rings. The molecule has 1 aliphatic heterocycles. The van der Waals surface area contributed by atoms with E-state index >= 15 is 0 Å². The van der Waals surface area contributed by atoms with E-state index in [2.05, 4.69) is 0 Å². The van der Waals surface area contributed by atoms with Crippen LogP contribution in [0.3, 0.4) is 0 Å². The molecule has 0 spiro atoms. The summed E-state index contributed by atoms with van der Waals surface area (Å²) < 4.78 is 13.4. The fraction of sp³-hybridized carbons (Fsp3) is 0.0833. The Morgan fingerprint density at radius 3 is 2.14 bits per heavy atom. The summed E-state index contributed by atoms with van der Waals surface area (Å²) in [6, 6.07) is 20.6. The molecule has 1 unspecified atom stereocenters. The quantitative estimate of drug-likeness (QED) is 0.400. The second-order valence-electron chi connectivity index (χ2n) is 6.92. The molecule has 0 aliphatic carbocycles. The molecule has 1 amide bonds. The van der Waals surface area contributed by atoms with Crippen LogP contribution in [0.25, 0.3) is 5.76 Å². The summed E-state index contributed by atoms with van der Waals surface area (Å²) in [7, 11) is 0. The first kappa shape index (κ1) is 18.6. The van der Waals surface area contributed by atoms with Crippen molar-refractivity contribution in [2.24, 2.45) is 0 Å². The number of aryl methyl sites for hydroxylation is 1. The largest absolute Gasteiger partial charge is 0.507 e. The van der Waals surface area contributed by atoms with Crippen molar-refractivity contribution in [2.75, 3.05) is 4.90 Å². The molecule has 1 heterocycles. The number of carbonyl (C=O) groups excluding carboxylic acids is 2. The van der Waals surface area contributed by atoms with Crippen LogP contribution in [0.15, 0.2) is 84.4 Å². The summed E-state index contributed by atoms with van der Waals surface area (Å²) in [5, 5.41) is 10.9. The molecular weight excluding hydrogens is 369 g/mol. The van der Waals surface area contributed by atoms with Crippen molar-refractivity contribution >= 4 is 23.1 Å². The van der Waals surface area contributed by atoms with Crippen molar-refractivity contribution in [2.45, 2.75) is 13.0 Å². The molecule has 4 nitrogen and oxygen atoms in total. The fourth-order valence-corrected chi connectivity index (χ4v) is 3.52. The van der Waals surface area contributed by atoms with Crippen LogP contribution in [0.2, 0.25) is 0 Å². The van der Waals surface area contributed by atoms with Gasteiger partial charge in [-0.1, -0.05) is 60.2 Å². The van der Waals surface area contributed by atoms with Crippen LogP contribution in [0.5, 0.6) is 0 Å². The van der Waals surface area contributed by atoms with Crippen LogP contribution in [0.1, 0.15) is 22.7 Å². The van der Waals surface area contributed by atoms with E-state index in [1.807, 2.05) is 31.2 Å². The lowest BCUT2D eigenvalue weighted by Crippen LogP contribution is -2.29. The number of Topliss-reactive ketones (excluding diaryl/α,β-unsaturated/α-hetero) is 1. The van der Waals surface area contributed by atoms with Gasteiger partial charge in [-0.15, -0.1) is 0 Å². The van der Waals surface area contributed by atoms with Crippen LogP contribution in [0, 0.1) is 12.7 Å². The number of aliphatic hydroxyl groups is 1. The number of hydrogen-bond acceptors (Lipinski definition) is 3. The number of nitrogens with zero attached hydrogens (tertiary/aromatic N) is 1. The van der Waals surface area contributed by atoms with Crippen molar-refractivity contribution in [1.29, 1.82) is 0 Å². The third-order valence-corrected chi connectivity index (χ3v) is 4.99. The maximum atomic E-state index is 13.4. The minimum atomic E-state index is -0.818. The summed E-state index contributed by atoms with van der Waals surface area (Å²) in [5.41, 5.74) is 2.54. The number of hydrogen-bond donors (Lipinski definition) is 1. The molecule has 144 valence electrons. The highest BCUT2D eigenvalue weighted by Crippen LogP contribution is 2.42. The van der Waals surface area contributed by atoms with Gasteiger partial charge in [0.15, 0.2) is 0 Å². The Hall–Kier alpha value is -3.73. The van der Waals surface area contributed by atoms with Gasteiger partial charge in [0, 0.05) is 11.3 Å². The maximum absolute atomic E-state index is 13.4. The summed E-state index contributed by atoms with van der Waals surface area (Å²) in [6.07, 6.45) is 0. The molecule has 0 saturated carbocycles. The van der Waals surface area contributed by atoms with E-state index in [0.29, 0.717) is 16.8 Å². The number of benzene rings is 3. The number of amides is 1. The number of anilines is 1. The number of aliphatic hydroxyl groups excluding tert-OH is 1. The van der Waals surface area contributed by atoms with Gasteiger partial charge in [-0.05, 0) is 36.8 Å². The summed E-state index contributed by atoms with van der Waals surface area (Å²) in [5.74, 6) is -2.22. The smallest absolute Gasteiger partial charge is 0.300 e. The molecule has 0 radical (unpaired) electrons. The van der Waals surface area contributed by atoms with Gasteiger partial charge in [0.1, 0.15) is 11.6 Å². The van der Waals surface area contributed by atoms with E-state index in [9.17, 15) is 19.1 Å². The normalized spacial score (nSPS) is 18.3. The van der Waals surface area contributed by atoms with Crippen LogP contribution < -0.4 is 4.90 Å². The molecule has 3 aromatic rings. The second-order valence-corrected chi connectivity index (χ2v) is 6.92. The lowest BCUT2D eigenvalue weighted by molar-refractivity contribution is -0.132. The molecule has 1 aliphatic rings. The molecule has 0 aromatic heterocycles. The van der Waals surface area contributed by atoms with Crippen molar-refractivity contribution in [3.63, 3.8) is 0 Å². The zero-order chi connectivity index (χ0) is 20.5. The Morgan fingerprint density at radius 1 is 0.897 bits per heavy atom. The molecule has 0 bridgehead atoms. The SMILES string of the molecule is Cc1ccc(C2/C(=C(\O)c3ccccc3)C(=O)C(=O)N2c2ccc(F)cc2)cc1. The van der Waals surface area contributed by atoms with E-state index in [-0.39, 0.29) is 11.3 Å². The predicted octanol–water partition coefficient (Wildman–Crippen LogP) is 4.76. The Bertz CT molecular complexity index is 1100. The zero-order valence-electron chi connectivity index (χ0n) is 15.7. The third kappa shape index (κ3) is 3.31. The second kappa shape index (κ2) is 7.36. The molecular formula is C24H18FNO3. The van der Waals surface area contributed by atoms with Crippen LogP contribution in [-0.4, -0.2) is 16.8 Å². The van der Waals surface area contributed by atoms with Gasteiger partial charge in [0.25, 0.3) is 11.7 Å². The minimum absolute atomic E-state index is 0.00868. The number of halogens is 1. The first-order chi connectivity index (χ1) is 14.0. The average molecular weight is 387 g/mol. The number of carbonyl (C=O) groups is 2. The standard InChI is InChI=1S/C24H18FNO3/c1-15-7-9-16(10-8-15)21-20(22(27)17-5-3-2-4-6-17)23(28)24(29)26(21)19-13-11-18(25)12-14-19/h2-14,21,27H,1H3/b22-20+.